The van der Waals surface area contributed by atoms with E-state index in [1.807, 2.05) is 0 Å². The fraction of sp³-hybridized carbons (Fsp3) is 1.00. The molecule has 0 heterocycles. The van der Waals surface area contributed by atoms with Crippen LogP contribution in [-0.2, 0) is 0 Å². The summed E-state index contributed by atoms with van der Waals surface area (Å²) in [6.45, 7) is 2.31. The molecule has 2 fully saturated rings. The van der Waals surface area contributed by atoms with Crippen molar-refractivity contribution in [1.29, 1.82) is 0 Å². The first kappa shape index (κ1) is 11.3. The molecule has 0 radical (unpaired) electrons. The van der Waals surface area contributed by atoms with E-state index in [4.69, 9.17) is 0 Å². The zero-order valence-corrected chi connectivity index (χ0v) is 9.64. The SMILES string of the molecule is C[C@H]1CC[C@H](C2CCC(F)(F)CC2)CC1. The van der Waals surface area contributed by atoms with Crippen LogP contribution in [0.2, 0.25) is 0 Å². The lowest BCUT2D eigenvalue weighted by atomic mass is 9.71. The van der Waals surface area contributed by atoms with Gasteiger partial charge >= 0.3 is 0 Å². The minimum atomic E-state index is -2.35. The zero-order valence-electron chi connectivity index (χ0n) is 9.64. The molecule has 2 rings (SSSR count). The molecule has 0 unspecified atom stereocenters. The summed E-state index contributed by atoms with van der Waals surface area (Å²) in [6, 6.07) is 0. The Morgan fingerprint density at radius 2 is 1.27 bits per heavy atom. The summed E-state index contributed by atoms with van der Waals surface area (Å²) >= 11 is 0. The van der Waals surface area contributed by atoms with Crippen molar-refractivity contribution >= 4 is 0 Å². The van der Waals surface area contributed by atoms with Crippen molar-refractivity contribution < 1.29 is 8.78 Å². The van der Waals surface area contributed by atoms with Gasteiger partial charge in [-0.25, -0.2) is 8.78 Å². The first-order valence-corrected chi connectivity index (χ1v) is 6.45. The van der Waals surface area contributed by atoms with E-state index in [9.17, 15) is 8.78 Å². The fourth-order valence-corrected chi connectivity index (χ4v) is 3.29. The van der Waals surface area contributed by atoms with Crippen molar-refractivity contribution in [2.75, 3.05) is 0 Å². The Balaban J connectivity index is 1.80. The Hall–Kier alpha value is -0.140. The number of alkyl halides is 2. The average molecular weight is 216 g/mol. The van der Waals surface area contributed by atoms with Gasteiger partial charge in [0.15, 0.2) is 0 Å². The van der Waals surface area contributed by atoms with Crippen LogP contribution >= 0.6 is 0 Å². The van der Waals surface area contributed by atoms with Gasteiger partial charge in [0.05, 0.1) is 0 Å². The maximum atomic E-state index is 13.0. The van der Waals surface area contributed by atoms with Gasteiger partial charge in [0.1, 0.15) is 0 Å². The molecule has 0 aromatic rings. The van der Waals surface area contributed by atoms with Crippen molar-refractivity contribution in [2.45, 2.75) is 64.2 Å². The van der Waals surface area contributed by atoms with Gasteiger partial charge in [-0.05, 0) is 43.4 Å². The monoisotopic (exact) mass is 216 g/mol. The molecule has 0 aromatic heterocycles. The highest BCUT2D eigenvalue weighted by Gasteiger charge is 2.38. The molecule has 88 valence electrons. The highest BCUT2D eigenvalue weighted by Crippen LogP contribution is 2.43. The van der Waals surface area contributed by atoms with Crippen LogP contribution in [0.4, 0.5) is 8.78 Å². The van der Waals surface area contributed by atoms with Gasteiger partial charge in [0, 0.05) is 12.8 Å². The van der Waals surface area contributed by atoms with E-state index in [1.165, 1.54) is 25.7 Å². The second kappa shape index (κ2) is 4.39. The standard InChI is InChI=1S/C13H22F2/c1-10-2-4-11(5-3-10)12-6-8-13(14,15)9-7-12/h10-12H,2-9H2,1H3/t10-,11-. The normalized spacial score (nSPS) is 37.8. The van der Waals surface area contributed by atoms with Gasteiger partial charge < -0.3 is 0 Å². The van der Waals surface area contributed by atoms with Gasteiger partial charge in [-0.2, -0.15) is 0 Å². The highest BCUT2D eigenvalue weighted by molar-refractivity contribution is 4.83. The van der Waals surface area contributed by atoms with Gasteiger partial charge in [0.25, 0.3) is 0 Å². The Labute approximate surface area is 91.4 Å². The molecular weight excluding hydrogens is 194 g/mol. The second-order valence-electron chi connectivity index (χ2n) is 5.71. The van der Waals surface area contributed by atoms with E-state index in [1.54, 1.807) is 0 Å². The maximum absolute atomic E-state index is 13.0. The molecule has 0 spiro atoms. The Morgan fingerprint density at radius 3 is 1.80 bits per heavy atom. The molecule has 0 amide bonds. The molecular formula is C13H22F2. The lowest BCUT2D eigenvalue weighted by molar-refractivity contribution is -0.0548. The molecule has 2 aliphatic rings. The molecule has 0 aliphatic heterocycles. The third-order valence-electron chi connectivity index (χ3n) is 4.49. The first-order valence-electron chi connectivity index (χ1n) is 6.45. The summed E-state index contributed by atoms with van der Waals surface area (Å²) in [5, 5.41) is 0. The minimum absolute atomic E-state index is 0.143. The van der Waals surface area contributed by atoms with Crippen molar-refractivity contribution in [1.82, 2.24) is 0 Å². The third kappa shape index (κ3) is 2.92. The Kier molecular flexibility index (Phi) is 3.32. The summed E-state index contributed by atoms with van der Waals surface area (Å²) in [7, 11) is 0. The molecule has 15 heavy (non-hydrogen) atoms. The first-order chi connectivity index (χ1) is 7.07. The van der Waals surface area contributed by atoms with Crippen LogP contribution in [0, 0.1) is 17.8 Å². The number of hydrogen-bond acceptors (Lipinski definition) is 0. The molecule has 0 aromatic carbocycles. The Bertz CT molecular complexity index is 195. The lowest BCUT2D eigenvalue weighted by Gasteiger charge is -2.37. The van der Waals surface area contributed by atoms with Gasteiger partial charge in [-0.15, -0.1) is 0 Å². The van der Waals surface area contributed by atoms with E-state index < -0.39 is 5.92 Å². The topological polar surface area (TPSA) is 0 Å². The van der Waals surface area contributed by atoms with Crippen molar-refractivity contribution in [3.05, 3.63) is 0 Å². The molecule has 0 N–H and O–H groups in total. The summed E-state index contributed by atoms with van der Waals surface area (Å²) < 4.78 is 26.0. The Morgan fingerprint density at radius 1 is 0.800 bits per heavy atom. The predicted octanol–water partition coefficient (Wildman–Crippen LogP) is 4.64. The van der Waals surface area contributed by atoms with Crippen LogP contribution < -0.4 is 0 Å². The van der Waals surface area contributed by atoms with Gasteiger partial charge in [0.2, 0.25) is 5.92 Å². The van der Waals surface area contributed by atoms with Crippen LogP contribution in [0.3, 0.4) is 0 Å². The highest BCUT2D eigenvalue weighted by atomic mass is 19.3. The number of halogens is 2. The van der Waals surface area contributed by atoms with E-state index in [2.05, 4.69) is 6.92 Å². The van der Waals surface area contributed by atoms with Gasteiger partial charge in [-0.3, -0.25) is 0 Å². The van der Waals surface area contributed by atoms with Crippen molar-refractivity contribution in [3.8, 4) is 0 Å². The zero-order chi connectivity index (χ0) is 10.9. The molecule has 2 heteroatoms. The molecule has 2 aliphatic carbocycles. The van der Waals surface area contributed by atoms with Crippen molar-refractivity contribution in [3.63, 3.8) is 0 Å². The predicted molar refractivity (Wildman–Crippen MR) is 58.0 cm³/mol. The van der Waals surface area contributed by atoms with E-state index in [-0.39, 0.29) is 12.8 Å². The molecule has 0 atom stereocenters. The van der Waals surface area contributed by atoms with Crippen LogP contribution in [0.5, 0.6) is 0 Å². The fourth-order valence-electron chi connectivity index (χ4n) is 3.29. The molecule has 0 saturated heterocycles. The lowest BCUT2D eigenvalue weighted by Crippen LogP contribution is -2.30. The van der Waals surface area contributed by atoms with E-state index in [0.29, 0.717) is 5.92 Å². The maximum Gasteiger partial charge on any atom is 0.248 e. The van der Waals surface area contributed by atoms with Gasteiger partial charge in [-0.1, -0.05) is 19.8 Å². The van der Waals surface area contributed by atoms with E-state index in [0.717, 1.165) is 24.7 Å². The van der Waals surface area contributed by atoms with Crippen molar-refractivity contribution in [2.24, 2.45) is 17.8 Å². The third-order valence-corrected chi connectivity index (χ3v) is 4.49. The minimum Gasteiger partial charge on any atom is -0.207 e. The summed E-state index contributed by atoms with van der Waals surface area (Å²) in [5.74, 6) is -0.112. The largest absolute Gasteiger partial charge is 0.248 e. The van der Waals surface area contributed by atoms with Crippen LogP contribution in [0.15, 0.2) is 0 Å². The summed E-state index contributed by atoms with van der Waals surface area (Å²) in [4.78, 5) is 0. The average Bonchev–Trinajstić information content (AvgIpc) is 2.20. The molecule has 2 saturated carbocycles. The van der Waals surface area contributed by atoms with Crippen LogP contribution in [0.1, 0.15) is 58.3 Å². The number of rotatable bonds is 1. The number of hydrogen-bond donors (Lipinski definition) is 0. The smallest absolute Gasteiger partial charge is 0.207 e. The molecule has 0 nitrogen and oxygen atoms in total. The summed E-state index contributed by atoms with van der Waals surface area (Å²) in [6.07, 6.45) is 7.04. The van der Waals surface area contributed by atoms with Crippen LogP contribution in [-0.4, -0.2) is 5.92 Å². The quantitative estimate of drug-likeness (QED) is 0.599. The van der Waals surface area contributed by atoms with E-state index >= 15 is 0 Å². The summed E-state index contributed by atoms with van der Waals surface area (Å²) in [5.41, 5.74) is 0. The van der Waals surface area contributed by atoms with Crippen LogP contribution in [0.25, 0.3) is 0 Å². The molecule has 0 bridgehead atoms. The second-order valence-corrected chi connectivity index (χ2v) is 5.71.